The van der Waals surface area contributed by atoms with Crippen LogP contribution in [0.25, 0.3) is 0 Å². The van der Waals surface area contributed by atoms with E-state index in [1.165, 1.54) is 22.4 Å². The van der Waals surface area contributed by atoms with Crippen LogP contribution in [0.3, 0.4) is 0 Å². The van der Waals surface area contributed by atoms with Crippen molar-refractivity contribution in [2.75, 3.05) is 0 Å². The quantitative estimate of drug-likeness (QED) is 0.759. The molecular weight excluding hydrogens is 276 g/mol. The highest BCUT2D eigenvalue weighted by Crippen LogP contribution is 2.25. The van der Waals surface area contributed by atoms with Crippen molar-refractivity contribution in [1.29, 1.82) is 0 Å². The van der Waals surface area contributed by atoms with E-state index in [1.807, 2.05) is 35.0 Å². The molecule has 0 spiro atoms. The maximum Gasteiger partial charge on any atom is 0.0521 e. The number of aryl methyl sites for hydroxylation is 3. The summed E-state index contributed by atoms with van der Waals surface area (Å²) in [6.45, 7) is 5.10. The van der Waals surface area contributed by atoms with Gasteiger partial charge in [0.15, 0.2) is 0 Å². The van der Waals surface area contributed by atoms with Crippen molar-refractivity contribution >= 4 is 0 Å². The molecule has 0 fully saturated rings. The van der Waals surface area contributed by atoms with E-state index in [9.17, 15) is 0 Å². The average molecular weight is 298 g/mol. The van der Waals surface area contributed by atoms with E-state index in [-0.39, 0.29) is 0 Å². The van der Waals surface area contributed by atoms with Gasteiger partial charge >= 0.3 is 0 Å². The Hall–Kier alpha value is -2.37. The van der Waals surface area contributed by atoms with Crippen LogP contribution in [-0.2, 0) is 26.4 Å². The lowest BCUT2D eigenvalue weighted by Crippen LogP contribution is -2.08. The lowest BCUT2D eigenvalue weighted by Gasteiger charge is -2.15. The van der Waals surface area contributed by atoms with E-state index >= 15 is 0 Å². The number of hydrogen-bond donors (Lipinski definition) is 1. The molecule has 3 rings (SSSR count). The second-order valence-electron chi connectivity index (χ2n) is 5.80. The second kappa shape index (κ2) is 6.17. The van der Waals surface area contributed by atoms with Crippen LogP contribution in [0.2, 0.25) is 0 Å². The predicted molar refractivity (Wildman–Crippen MR) is 84.6 cm³/mol. The molecule has 6 heteroatoms. The number of aromatic nitrogens is 6. The molecule has 0 aliphatic rings. The van der Waals surface area contributed by atoms with E-state index in [2.05, 4.69) is 46.6 Å². The highest BCUT2D eigenvalue weighted by molar-refractivity contribution is 5.24. The predicted octanol–water partition coefficient (Wildman–Crippen LogP) is 2.24. The van der Waals surface area contributed by atoms with Crippen LogP contribution >= 0.6 is 0 Å². The van der Waals surface area contributed by atoms with Crippen molar-refractivity contribution in [2.45, 2.75) is 39.2 Å². The Morgan fingerprint density at radius 2 is 1.82 bits per heavy atom. The Bertz CT molecular complexity index is 735. The molecule has 0 saturated heterocycles. The largest absolute Gasteiger partial charge is 0.282 e. The van der Waals surface area contributed by atoms with Crippen molar-refractivity contribution in [3.8, 4) is 0 Å². The smallest absolute Gasteiger partial charge is 0.0521 e. The van der Waals surface area contributed by atoms with Crippen LogP contribution in [0.15, 0.2) is 31.0 Å². The van der Waals surface area contributed by atoms with Gasteiger partial charge in [-0.15, -0.1) is 0 Å². The summed E-state index contributed by atoms with van der Waals surface area (Å²) in [5, 5.41) is 16.0. The standard InChI is InChI=1S/C16H22N6/c1-4-22-11-14(9-19-22)6-15(16-12(2)7-17-20-16)5-13-8-18-21(3)10-13/h7-11,15H,4-6H2,1-3H3,(H,17,20). The first-order valence-electron chi connectivity index (χ1n) is 7.64. The summed E-state index contributed by atoms with van der Waals surface area (Å²) in [4.78, 5) is 0. The summed E-state index contributed by atoms with van der Waals surface area (Å²) in [7, 11) is 1.95. The Morgan fingerprint density at radius 1 is 1.09 bits per heavy atom. The normalized spacial score (nSPS) is 12.7. The zero-order valence-corrected chi connectivity index (χ0v) is 13.3. The van der Waals surface area contributed by atoms with Crippen molar-refractivity contribution in [1.82, 2.24) is 29.8 Å². The summed E-state index contributed by atoms with van der Waals surface area (Å²) in [5.41, 5.74) is 4.90. The minimum absolute atomic E-state index is 0.348. The first kappa shape index (κ1) is 14.6. The van der Waals surface area contributed by atoms with Gasteiger partial charge in [-0.2, -0.15) is 15.3 Å². The summed E-state index contributed by atoms with van der Waals surface area (Å²) >= 11 is 0. The molecule has 1 unspecified atom stereocenters. The summed E-state index contributed by atoms with van der Waals surface area (Å²) in [5.74, 6) is 0.348. The van der Waals surface area contributed by atoms with Gasteiger partial charge in [-0.05, 0) is 43.4 Å². The van der Waals surface area contributed by atoms with Crippen LogP contribution in [0.5, 0.6) is 0 Å². The molecular formula is C16H22N6. The number of aromatic amines is 1. The lowest BCUT2D eigenvalue weighted by molar-refractivity contribution is 0.643. The topological polar surface area (TPSA) is 64.3 Å². The number of nitrogens with zero attached hydrogens (tertiary/aromatic N) is 5. The fourth-order valence-electron chi connectivity index (χ4n) is 2.88. The first-order valence-corrected chi connectivity index (χ1v) is 7.64. The monoisotopic (exact) mass is 298 g/mol. The van der Waals surface area contributed by atoms with Crippen LogP contribution in [0, 0.1) is 6.92 Å². The van der Waals surface area contributed by atoms with Crippen molar-refractivity contribution in [3.05, 3.63) is 53.4 Å². The number of rotatable bonds is 6. The number of hydrogen-bond acceptors (Lipinski definition) is 3. The van der Waals surface area contributed by atoms with Gasteiger partial charge < -0.3 is 0 Å². The third-order valence-electron chi connectivity index (χ3n) is 4.01. The molecule has 0 bridgehead atoms. The highest BCUT2D eigenvalue weighted by Gasteiger charge is 2.18. The van der Waals surface area contributed by atoms with Crippen LogP contribution in [0.4, 0.5) is 0 Å². The highest BCUT2D eigenvalue weighted by atomic mass is 15.3. The van der Waals surface area contributed by atoms with Gasteiger partial charge in [-0.1, -0.05) is 0 Å². The Kier molecular flexibility index (Phi) is 4.09. The van der Waals surface area contributed by atoms with E-state index in [0.717, 1.165) is 19.4 Å². The van der Waals surface area contributed by atoms with Crippen molar-refractivity contribution in [3.63, 3.8) is 0 Å². The molecule has 0 aromatic carbocycles. The molecule has 0 aliphatic heterocycles. The van der Waals surface area contributed by atoms with Crippen molar-refractivity contribution < 1.29 is 0 Å². The molecule has 3 aromatic heterocycles. The molecule has 1 N–H and O–H groups in total. The Balaban J connectivity index is 1.84. The average Bonchev–Trinajstić information content (AvgIpc) is 3.20. The van der Waals surface area contributed by atoms with Gasteiger partial charge in [0.05, 0.1) is 18.6 Å². The molecule has 22 heavy (non-hydrogen) atoms. The molecule has 3 aromatic rings. The van der Waals surface area contributed by atoms with Gasteiger partial charge in [0.1, 0.15) is 0 Å². The second-order valence-corrected chi connectivity index (χ2v) is 5.80. The maximum atomic E-state index is 4.38. The van der Waals surface area contributed by atoms with E-state index in [0.29, 0.717) is 5.92 Å². The third-order valence-corrected chi connectivity index (χ3v) is 4.01. The molecule has 3 heterocycles. The minimum Gasteiger partial charge on any atom is -0.282 e. The van der Waals surface area contributed by atoms with E-state index in [4.69, 9.17) is 0 Å². The van der Waals surface area contributed by atoms with Crippen LogP contribution < -0.4 is 0 Å². The number of H-pyrrole nitrogens is 1. The molecule has 1 atom stereocenters. The fourth-order valence-corrected chi connectivity index (χ4v) is 2.88. The Labute approximate surface area is 130 Å². The molecule has 0 saturated carbocycles. The Morgan fingerprint density at radius 3 is 2.36 bits per heavy atom. The lowest BCUT2D eigenvalue weighted by atomic mass is 9.90. The molecule has 116 valence electrons. The zero-order valence-electron chi connectivity index (χ0n) is 13.3. The minimum atomic E-state index is 0.348. The zero-order chi connectivity index (χ0) is 15.5. The first-order chi connectivity index (χ1) is 10.7. The third kappa shape index (κ3) is 3.10. The van der Waals surface area contributed by atoms with Gasteiger partial charge in [0, 0.05) is 37.6 Å². The van der Waals surface area contributed by atoms with Crippen LogP contribution in [0.1, 0.15) is 35.2 Å². The van der Waals surface area contributed by atoms with Crippen molar-refractivity contribution in [2.24, 2.45) is 7.05 Å². The van der Waals surface area contributed by atoms with Gasteiger partial charge in [-0.25, -0.2) is 0 Å². The van der Waals surface area contributed by atoms with E-state index < -0.39 is 0 Å². The van der Waals surface area contributed by atoms with Crippen LogP contribution in [-0.4, -0.2) is 29.8 Å². The summed E-state index contributed by atoms with van der Waals surface area (Å²) in [6, 6.07) is 0. The maximum absolute atomic E-state index is 4.38. The summed E-state index contributed by atoms with van der Waals surface area (Å²) < 4.78 is 3.82. The van der Waals surface area contributed by atoms with Gasteiger partial charge in [0.25, 0.3) is 0 Å². The molecule has 0 aliphatic carbocycles. The van der Waals surface area contributed by atoms with Gasteiger partial charge in [-0.3, -0.25) is 14.5 Å². The number of nitrogens with one attached hydrogen (secondary N) is 1. The van der Waals surface area contributed by atoms with Gasteiger partial charge in [0.2, 0.25) is 0 Å². The molecule has 6 nitrogen and oxygen atoms in total. The fraction of sp³-hybridized carbons (Fsp3) is 0.438. The SMILES string of the molecule is CCn1cc(CC(Cc2cnn(C)c2)c2[nH]ncc2C)cn1. The van der Waals surface area contributed by atoms with E-state index in [1.54, 1.807) is 0 Å². The molecule has 0 amide bonds. The summed E-state index contributed by atoms with van der Waals surface area (Å²) in [6.07, 6.45) is 11.9. The molecule has 0 radical (unpaired) electrons.